The van der Waals surface area contributed by atoms with E-state index in [1.54, 1.807) is 43.0 Å². The molecule has 0 atom stereocenters. The molecule has 0 aliphatic rings. The van der Waals surface area contributed by atoms with Gasteiger partial charge in [-0.15, -0.1) is 5.10 Å². The maximum Gasteiger partial charge on any atom is 0.291 e. The number of hydrogen-bond acceptors (Lipinski definition) is 8. The van der Waals surface area contributed by atoms with E-state index in [1.807, 2.05) is 67.7 Å². The summed E-state index contributed by atoms with van der Waals surface area (Å²) in [5.41, 5.74) is 3.10. The van der Waals surface area contributed by atoms with Gasteiger partial charge in [0.25, 0.3) is 5.56 Å². The number of para-hydroxylation sites is 1. The number of fused-ring (bicyclic) bond motifs is 1. The van der Waals surface area contributed by atoms with Crippen molar-refractivity contribution in [3.05, 3.63) is 111 Å². The van der Waals surface area contributed by atoms with Crippen LogP contribution in [0.15, 0.2) is 77.7 Å². The Kier molecular flexibility index (Phi) is 8.20. The monoisotopic (exact) mass is 609 g/mol. The first-order chi connectivity index (χ1) is 21.5. The normalized spacial score (nSPS) is 12.0. The highest BCUT2D eigenvalue weighted by Gasteiger charge is 2.16. The number of aromatic nitrogens is 5. The molecular formula is C33H28FN5O4S. The standard InChI is InChI=1S/C33H28FN5O4S/c1-4-42-26-15-13-22(18-25(26)34)31-23(20-38(37-31)24-9-7-6-8-10-24)19-29-32(40)39-33(44-29)35-30(36-39)16-12-21-11-14-27(43-5-2)28(17-21)41-3/h6-20H,4-5H2,1-3H3/b16-12+,29-19-. The van der Waals surface area contributed by atoms with Crippen LogP contribution in [0.4, 0.5) is 4.39 Å². The minimum absolute atomic E-state index is 0.170. The Morgan fingerprint density at radius 3 is 2.41 bits per heavy atom. The Morgan fingerprint density at radius 2 is 1.68 bits per heavy atom. The SMILES string of the molecule is CCOc1ccc(-c2nn(-c3ccccc3)cc2/C=c2\sc3nc(/C=C/c4ccc(OCC)c(OC)c4)nn3c2=O)cc1F. The number of ether oxygens (including phenoxy) is 3. The molecule has 0 saturated heterocycles. The van der Waals surface area contributed by atoms with E-state index in [0.29, 0.717) is 56.9 Å². The van der Waals surface area contributed by atoms with Gasteiger partial charge in [0.2, 0.25) is 4.96 Å². The fraction of sp³-hybridized carbons (Fsp3) is 0.152. The zero-order valence-electron chi connectivity index (χ0n) is 24.2. The lowest BCUT2D eigenvalue weighted by molar-refractivity contribution is 0.311. The molecule has 3 aromatic carbocycles. The minimum Gasteiger partial charge on any atom is -0.493 e. The molecule has 6 rings (SSSR count). The van der Waals surface area contributed by atoms with E-state index in [1.165, 1.54) is 21.9 Å². The van der Waals surface area contributed by atoms with Crippen molar-refractivity contribution in [3.63, 3.8) is 0 Å². The maximum atomic E-state index is 14.8. The highest BCUT2D eigenvalue weighted by Crippen LogP contribution is 2.30. The summed E-state index contributed by atoms with van der Waals surface area (Å²) in [5, 5.41) is 9.15. The molecular weight excluding hydrogens is 581 g/mol. The van der Waals surface area contributed by atoms with Crippen LogP contribution in [0.1, 0.15) is 30.8 Å². The lowest BCUT2D eigenvalue weighted by atomic mass is 10.1. The molecule has 0 aliphatic carbocycles. The van der Waals surface area contributed by atoms with E-state index < -0.39 is 5.82 Å². The number of rotatable bonds is 10. The molecule has 0 radical (unpaired) electrons. The second-order valence-corrected chi connectivity index (χ2v) is 10.6. The summed E-state index contributed by atoms with van der Waals surface area (Å²) in [6.45, 7) is 4.60. The predicted molar refractivity (Wildman–Crippen MR) is 169 cm³/mol. The first-order valence-electron chi connectivity index (χ1n) is 14.0. The molecule has 0 spiro atoms. The van der Waals surface area contributed by atoms with E-state index in [2.05, 4.69) is 10.1 Å². The third-order valence-electron chi connectivity index (χ3n) is 6.67. The Balaban J connectivity index is 1.36. The van der Waals surface area contributed by atoms with Crippen LogP contribution in [0.3, 0.4) is 0 Å². The summed E-state index contributed by atoms with van der Waals surface area (Å²) < 4.78 is 34.6. The second kappa shape index (κ2) is 12.5. The third kappa shape index (κ3) is 5.82. The number of methoxy groups -OCH3 is 1. The van der Waals surface area contributed by atoms with Crippen LogP contribution in [0.5, 0.6) is 17.2 Å². The molecule has 0 fully saturated rings. The summed E-state index contributed by atoms with van der Waals surface area (Å²) in [5.74, 6) is 1.37. The van der Waals surface area contributed by atoms with Crippen molar-refractivity contribution < 1.29 is 18.6 Å². The fourth-order valence-corrected chi connectivity index (χ4v) is 5.55. The summed E-state index contributed by atoms with van der Waals surface area (Å²) in [4.78, 5) is 18.4. The quantitative estimate of drug-likeness (QED) is 0.198. The molecule has 0 bridgehead atoms. The smallest absolute Gasteiger partial charge is 0.291 e. The topological polar surface area (TPSA) is 92.8 Å². The molecule has 3 heterocycles. The summed E-state index contributed by atoms with van der Waals surface area (Å²) in [6.07, 6.45) is 7.13. The van der Waals surface area contributed by atoms with Crippen LogP contribution in [0.25, 0.3) is 40.1 Å². The number of hydrogen-bond donors (Lipinski definition) is 0. The van der Waals surface area contributed by atoms with Crippen molar-refractivity contribution in [2.24, 2.45) is 0 Å². The first-order valence-corrected chi connectivity index (χ1v) is 14.8. The Labute approximate surface area is 256 Å². The van der Waals surface area contributed by atoms with Gasteiger partial charge in [-0.05, 0) is 74.0 Å². The number of thiazole rings is 1. The van der Waals surface area contributed by atoms with Crippen LogP contribution in [-0.2, 0) is 0 Å². The van der Waals surface area contributed by atoms with Gasteiger partial charge in [0.1, 0.15) is 5.69 Å². The van der Waals surface area contributed by atoms with Crippen LogP contribution < -0.4 is 24.3 Å². The van der Waals surface area contributed by atoms with Gasteiger partial charge < -0.3 is 14.2 Å². The molecule has 6 aromatic rings. The molecule has 0 unspecified atom stereocenters. The second-order valence-electron chi connectivity index (χ2n) is 9.55. The van der Waals surface area contributed by atoms with Crippen LogP contribution in [0.2, 0.25) is 0 Å². The van der Waals surface area contributed by atoms with E-state index >= 15 is 0 Å². The molecule has 0 aliphatic heterocycles. The average molecular weight is 610 g/mol. The van der Waals surface area contributed by atoms with Gasteiger partial charge in [-0.25, -0.2) is 9.07 Å². The molecule has 0 saturated carbocycles. The van der Waals surface area contributed by atoms with Gasteiger partial charge >= 0.3 is 0 Å². The Hall–Kier alpha value is -5.29. The molecule has 0 amide bonds. The molecule has 3 aromatic heterocycles. The lowest BCUT2D eigenvalue weighted by Gasteiger charge is -2.09. The van der Waals surface area contributed by atoms with Crippen molar-refractivity contribution in [2.45, 2.75) is 13.8 Å². The highest BCUT2D eigenvalue weighted by molar-refractivity contribution is 7.15. The number of benzene rings is 3. The minimum atomic E-state index is -0.489. The van der Waals surface area contributed by atoms with Gasteiger partial charge in [-0.1, -0.05) is 41.7 Å². The van der Waals surface area contributed by atoms with E-state index in [4.69, 9.17) is 19.3 Å². The largest absolute Gasteiger partial charge is 0.493 e. The van der Waals surface area contributed by atoms with Crippen LogP contribution >= 0.6 is 11.3 Å². The van der Waals surface area contributed by atoms with Gasteiger partial charge in [0.05, 0.1) is 30.5 Å². The summed E-state index contributed by atoms with van der Waals surface area (Å²) in [7, 11) is 1.59. The molecule has 9 nitrogen and oxygen atoms in total. The maximum absolute atomic E-state index is 14.8. The van der Waals surface area contributed by atoms with E-state index in [-0.39, 0.29) is 11.3 Å². The molecule has 44 heavy (non-hydrogen) atoms. The van der Waals surface area contributed by atoms with E-state index in [9.17, 15) is 9.18 Å². The number of nitrogens with zero attached hydrogens (tertiary/aromatic N) is 5. The van der Waals surface area contributed by atoms with Gasteiger partial charge in [-0.3, -0.25) is 4.79 Å². The molecule has 11 heteroatoms. The van der Waals surface area contributed by atoms with Crippen LogP contribution in [-0.4, -0.2) is 44.7 Å². The van der Waals surface area contributed by atoms with Crippen LogP contribution in [0, 0.1) is 5.82 Å². The summed E-state index contributed by atoms with van der Waals surface area (Å²) in [6, 6.07) is 19.9. The summed E-state index contributed by atoms with van der Waals surface area (Å²) >= 11 is 1.22. The van der Waals surface area contributed by atoms with Gasteiger partial charge in [-0.2, -0.15) is 14.6 Å². The van der Waals surface area contributed by atoms with E-state index in [0.717, 1.165) is 11.3 Å². The first kappa shape index (κ1) is 28.8. The van der Waals surface area contributed by atoms with Gasteiger partial charge in [0, 0.05) is 17.3 Å². The molecule has 222 valence electrons. The van der Waals surface area contributed by atoms with Crippen molar-refractivity contribution in [2.75, 3.05) is 20.3 Å². The lowest BCUT2D eigenvalue weighted by Crippen LogP contribution is -2.23. The fourth-order valence-electron chi connectivity index (χ4n) is 4.64. The third-order valence-corrected chi connectivity index (χ3v) is 7.62. The zero-order valence-corrected chi connectivity index (χ0v) is 25.0. The predicted octanol–water partition coefficient (Wildman–Crippen LogP) is 5.67. The van der Waals surface area contributed by atoms with Crippen molar-refractivity contribution in [1.29, 1.82) is 0 Å². The van der Waals surface area contributed by atoms with Crippen molar-refractivity contribution in [1.82, 2.24) is 24.4 Å². The zero-order chi connectivity index (χ0) is 30.6. The average Bonchev–Trinajstić information content (AvgIpc) is 3.73. The van der Waals surface area contributed by atoms with Crippen molar-refractivity contribution >= 4 is 34.5 Å². The number of halogens is 1. The highest BCUT2D eigenvalue weighted by atomic mass is 32.1. The van der Waals surface area contributed by atoms with Gasteiger partial charge in [0.15, 0.2) is 28.9 Å². The Bertz CT molecular complexity index is 2080. The molecule has 0 N–H and O–H groups in total. The Morgan fingerprint density at radius 1 is 0.909 bits per heavy atom. The van der Waals surface area contributed by atoms with Crippen molar-refractivity contribution in [3.8, 4) is 34.2 Å².